The number of amides is 1. The molecule has 0 saturated heterocycles. The monoisotopic (exact) mass is 349 g/mol. The number of carbonyl (C=O) groups excluding carboxylic acids is 1. The average Bonchev–Trinajstić information content (AvgIpc) is 2.89. The molecule has 0 saturated carbocycles. The van der Waals surface area contributed by atoms with E-state index in [1.807, 2.05) is 6.07 Å². The maximum absolute atomic E-state index is 12.3. The number of rotatable bonds is 3. The zero-order valence-electron chi connectivity index (χ0n) is 11.7. The van der Waals surface area contributed by atoms with Crippen molar-refractivity contribution in [2.24, 2.45) is 5.14 Å². The molecule has 2 aromatic carbocycles. The van der Waals surface area contributed by atoms with Crippen LogP contribution in [0.1, 0.15) is 10.4 Å². The third-order valence-corrected chi connectivity index (χ3v) is 4.60. The molecule has 118 valence electrons. The van der Waals surface area contributed by atoms with Crippen molar-refractivity contribution in [3.8, 4) is 0 Å². The van der Waals surface area contributed by atoms with Gasteiger partial charge >= 0.3 is 0 Å². The maximum atomic E-state index is 12.3. The predicted octanol–water partition coefficient (Wildman–Crippen LogP) is 2.72. The van der Waals surface area contributed by atoms with Crippen molar-refractivity contribution >= 4 is 44.1 Å². The summed E-state index contributed by atoms with van der Waals surface area (Å²) in [5.74, 6) is -0.371. The second-order valence-electron chi connectivity index (χ2n) is 4.89. The first-order chi connectivity index (χ1) is 10.9. The van der Waals surface area contributed by atoms with E-state index in [0.29, 0.717) is 21.8 Å². The summed E-state index contributed by atoms with van der Waals surface area (Å²) in [4.78, 5) is 15.2. The molecular weight excluding hydrogens is 338 g/mol. The van der Waals surface area contributed by atoms with Crippen LogP contribution in [-0.2, 0) is 10.0 Å². The number of anilines is 1. The number of benzene rings is 2. The Hall–Kier alpha value is -2.35. The molecule has 3 aromatic rings. The van der Waals surface area contributed by atoms with E-state index in [2.05, 4.69) is 10.3 Å². The van der Waals surface area contributed by atoms with Gasteiger partial charge in [-0.3, -0.25) is 4.79 Å². The van der Waals surface area contributed by atoms with Crippen molar-refractivity contribution in [2.45, 2.75) is 4.90 Å². The Bertz CT molecular complexity index is 994. The summed E-state index contributed by atoms with van der Waals surface area (Å²) in [6, 6.07) is 10.7. The van der Waals surface area contributed by atoms with Crippen molar-refractivity contribution in [3.63, 3.8) is 0 Å². The predicted molar refractivity (Wildman–Crippen MR) is 89.1 cm³/mol. The van der Waals surface area contributed by atoms with E-state index < -0.39 is 10.0 Å². The molecule has 0 atom stereocenters. The molecular formula is C15H12ClN3O3S. The van der Waals surface area contributed by atoms with Crippen LogP contribution in [-0.4, -0.2) is 19.3 Å². The van der Waals surface area contributed by atoms with Gasteiger partial charge in [-0.1, -0.05) is 23.7 Å². The molecule has 0 aliphatic rings. The third-order valence-electron chi connectivity index (χ3n) is 3.36. The van der Waals surface area contributed by atoms with Crippen molar-refractivity contribution < 1.29 is 13.2 Å². The zero-order chi connectivity index (χ0) is 16.6. The van der Waals surface area contributed by atoms with Crippen molar-refractivity contribution in [1.82, 2.24) is 4.98 Å². The topological polar surface area (TPSA) is 105 Å². The summed E-state index contributed by atoms with van der Waals surface area (Å²) in [6.45, 7) is 0. The lowest BCUT2D eigenvalue weighted by atomic mass is 10.2. The van der Waals surface area contributed by atoms with Crippen LogP contribution in [0.4, 0.5) is 5.69 Å². The first kappa shape index (κ1) is 15.5. The molecule has 0 aliphatic heterocycles. The molecule has 0 unspecified atom stereocenters. The van der Waals surface area contributed by atoms with Crippen LogP contribution >= 0.6 is 11.6 Å². The number of nitrogens with one attached hydrogen (secondary N) is 2. The highest BCUT2D eigenvalue weighted by Gasteiger charge is 2.12. The van der Waals surface area contributed by atoms with Gasteiger partial charge in [-0.25, -0.2) is 13.6 Å². The number of para-hydroxylation sites is 1. The zero-order valence-corrected chi connectivity index (χ0v) is 13.3. The summed E-state index contributed by atoms with van der Waals surface area (Å²) in [5.41, 5.74) is 1.61. The fraction of sp³-hybridized carbons (Fsp3) is 0. The Morgan fingerprint density at radius 2 is 1.83 bits per heavy atom. The van der Waals surface area contributed by atoms with Crippen LogP contribution in [0.15, 0.2) is 53.6 Å². The first-order valence-corrected chi connectivity index (χ1v) is 8.48. The van der Waals surface area contributed by atoms with Crippen molar-refractivity contribution in [3.05, 3.63) is 59.2 Å². The summed E-state index contributed by atoms with van der Waals surface area (Å²) in [5, 5.41) is 9.15. The molecule has 8 heteroatoms. The first-order valence-electron chi connectivity index (χ1n) is 6.56. The van der Waals surface area contributed by atoms with E-state index in [0.717, 1.165) is 5.39 Å². The normalized spacial score (nSPS) is 11.6. The molecule has 1 aromatic heterocycles. The number of fused-ring (bicyclic) bond motifs is 1. The average molecular weight is 350 g/mol. The second kappa shape index (κ2) is 5.69. The number of sulfonamides is 1. The van der Waals surface area contributed by atoms with Gasteiger partial charge in [0, 0.05) is 17.1 Å². The molecule has 6 nitrogen and oxygen atoms in total. The van der Waals surface area contributed by atoms with Crippen LogP contribution in [0.25, 0.3) is 10.9 Å². The number of aromatic amines is 1. The number of H-pyrrole nitrogens is 1. The quantitative estimate of drug-likeness (QED) is 0.677. The Labute approximate surface area is 137 Å². The number of aromatic nitrogens is 1. The van der Waals surface area contributed by atoms with Crippen LogP contribution in [0.3, 0.4) is 0 Å². The largest absolute Gasteiger partial charge is 0.358 e. The maximum Gasteiger partial charge on any atom is 0.255 e. The molecule has 1 amide bonds. The highest BCUT2D eigenvalue weighted by atomic mass is 35.5. The number of halogens is 1. The van der Waals surface area contributed by atoms with E-state index in [1.54, 1.807) is 18.3 Å². The van der Waals surface area contributed by atoms with E-state index in [1.165, 1.54) is 24.3 Å². The van der Waals surface area contributed by atoms with Gasteiger partial charge in [0.25, 0.3) is 5.91 Å². The minimum Gasteiger partial charge on any atom is -0.358 e. The van der Waals surface area contributed by atoms with Crippen LogP contribution in [0.2, 0.25) is 5.02 Å². The number of hydrogen-bond donors (Lipinski definition) is 3. The van der Waals surface area contributed by atoms with Gasteiger partial charge in [0.1, 0.15) is 0 Å². The summed E-state index contributed by atoms with van der Waals surface area (Å²) < 4.78 is 22.4. The number of primary sulfonamides is 1. The van der Waals surface area contributed by atoms with Gasteiger partial charge in [0.05, 0.1) is 21.1 Å². The Balaban J connectivity index is 1.89. The van der Waals surface area contributed by atoms with Gasteiger partial charge in [-0.15, -0.1) is 0 Å². The molecule has 1 heterocycles. The van der Waals surface area contributed by atoms with Gasteiger partial charge < -0.3 is 10.3 Å². The smallest absolute Gasteiger partial charge is 0.255 e. The van der Waals surface area contributed by atoms with Crippen LogP contribution in [0.5, 0.6) is 0 Å². The molecule has 0 fully saturated rings. The van der Waals surface area contributed by atoms with E-state index in [4.69, 9.17) is 16.7 Å². The Morgan fingerprint density at radius 3 is 2.48 bits per heavy atom. The molecule has 0 bridgehead atoms. The summed E-state index contributed by atoms with van der Waals surface area (Å²) in [7, 11) is -3.78. The second-order valence-corrected chi connectivity index (χ2v) is 6.86. The van der Waals surface area contributed by atoms with Crippen molar-refractivity contribution in [2.75, 3.05) is 5.32 Å². The lowest BCUT2D eigenvalue weighted by Crippen LogP contribution is -2.14. The Morgan fingerprint density at radius 1 is 1.13 bits per heavy atom. The minimum absolute atomic E-state index is 0.0488. The van der Waals surface area contributed by atoms with E-state index in [9.17, 15) is 13.2 Å². The fourth-order valence-electron chi connectivity index (χ4n) is 2.21. The van der Waals surface area contributed by atoms with Gasteiger partial charge in [0.2, 0.25) is 10.0 Å². The molecule has 3 rings (SSSR count). The van der Waals surface area contributed by atoms with Crippen LogP contribution < -0.4 is 10.5 Å². The lowest BCUT2D eigenvalue weighted by molar-refractivity contribution is 0.102. The lowest BCUT2D eigenvalue weighted by Gasteiger charge is -2.07. The molecule has 0 spiro atoms. The van der Waals surface area contributed by atoms with E-state index >= 15 is 0 Å². The molecule has 23 heavy (non-hydrogen) atoms. The number of nitrogens with two attached hydrogens (primary N) is 1. The fourth-order valence-corrected chi connectivity index (χ4v) is 2.94. The van der Waals surface area contributed by atoms with Gasteiger partial charge in [-0.2, -0.15) is 0 Å². The summed E-state index contributed by atoms with van der Waals surface area (Å²) >= 11 is 6.05. The highest BCUT2D eigenvalue weighted by Crippen LogP contribution is 2.28. The third kappa shape index (κ3) is 3.07. The van der Waals surface area contributed by atoms with Gasteiger partial charge in [-0.05, 0) is 30.3 Å². The number of hydrogen-bond acceptors (Lipinski definition) is 3. The van der Waals surface area contributed by atoms with Crippen molar-refractivity contribution in [1.29, 1.82) is 0 Å². The van der Waals surface area contributed by atoms with E-state index in [-0.39, 0.29) is 10.8 Å². The van der Waals surface area contributed by atoms with Crippen LogP contribution in [0, 0.1) is 0 Å². The summed E-state index contributed by atoms with van der Waals surface area (Å²) in [6.07, 6.45) is 1.64. The SMILES string of the molecule is NS(=O)(=O)c1ccc(C(=O)Nc2cccc3c(Cl)c[nH]c23)cc1. The number of carbonyl (C=O) groups is 1. The molecule has 0 radical (unpaired) electrons. The molecule has 0 aliphatic carbocycles. The van der Waals surface area contributed by atoms with Gasteiger partial charge in [0.15, 0.2) is 0 Å². The Kier molecular flexibility index (Phi) is 3.85. The standard InChI is InChI=1S/C15H12ClN3O3S/c16-12-8-18-14-11(12)2-1-3-13(14)19-15(20)9-4-6-10(7-5-9)23(17,21)22/h1-8,18H,(H,19,20)(H2,17,21,22). The minimum atomic E-state index is -3.78. The highest BCUT2D eigenvalue weighted by molar-refractivity contribution is 7.89. The molecule has 4 N–H and O–H groups in total.